The van der Waals surface area contributed by atoms with E-state index in [2.05, 4.69) is 108 Å². The number of fused-ring (bicyclic) bond motifs is 7. The topological polar surface area (TPSA) is 25.8 Å². The number of nitrogens with zero attached hydrogens (tertiary/aromatic N) is 2. The molecule has 2 aromatic heterocycles. The molecule has 0 saturated carbocycles. The van der Waals surface area contributed by atoms with Crippen molar-refractivity contribution in [2.75, 3.05) is 0 Å². The van der Waals surface area contributed by atoms with Crippen molar-refractivity contribution in [3.05, 3.63) is 122 Å². The third kappa shape index (κ3) is 2.91. The van der Waals surface area contributed by atoms with Crippen LogP contribution in [0.2, 0.25) is 0 Å². The molecule has 0 aliphatic rings. The van der Waals surface area contributed by atoms with Crippen molar-refractivity contribution in [3.63, 3.8) is 0 Å². The number of hydrogen-bond donors (Lipinski definition) is 0. The van der Waals surface area contributed by atoms with Gasteiger partial charge >= 0.3 is 0 Å². The van der Waals surface area contributed by atoms with Gasteiger partial charge in [0.1, 0.15) is 0 Å². The number of hydrogen-bond acceptors (Lipinski definition) is 2. The second kappa shape index (κ2) is 7.34. The van der Waals surface area contributed by atoms with Gasteiger partial charge in [0.2, 0.25) is 0 Å². The molecule has 0 amide bonds. The Kier molecular flexibility index (Phi) is 3.97. The molecular formula is C34H20N2. The van der Waals surface area contributed by atoms with Crippen LogP contribution in [0.4, 0.5) is 0 Å². The Morgan fingerprint density at radius 2 is 1.00 bits per heavy atom. The maximum absolute atomic E-state index is 4.86. The van der Waals surface area contributed by atoms with Crippen molar-refractivity contribution in [3.8, 4) is 11.1 Å². The number of pyridine rings is 2. The first-order valence-corrected chi connectivity index (χ1v) is 12.2. The van der Waals surface area contributed by atoms with E-state index < -0.39 is 0 Å². The summed E-state index contributed by atoms with van der Waals surface area (Å²) in [5.74, 6) is 0. The van der Waals surface area contributed by atoms with Gasteiger partial charge in [0, 0.05) is 28.7 Å². The lowest BCUT2D eigenvalue weighted by molar-refractivity contribution is 1.37. The van der Waals surface area contributed by atoms with Crippen molar-refractivity contribution >= 4 is 64.9 Å². The molecule has 2 heterocycles. The van der Waals surface area contributed by atoms with Crippen LogP contribution in [0.5, 0.6) is 0 Å². The van der Waals surface area contributed by atoms with Crippen molar-refractivity contribution in [1.29, 1.82) is 0 Å². The van der Waals surface area contributed by atoms with Gasteiger partial charge in [-0.25, -0.2) is 0 Å². The van der Waals surface area contributed by atoms with E-state index in [4.69, 9.17) is 4.98 Å². The standard InChI is InChI=1S/C34H20N2/c1-2-6-23-14-27-18-29-19-32-24(15-28(29)17-26(27)13-22(23)5-1)7-3-9-31(32)30-16-25-11-10-21-8-4-12-35-33(21)34(25)36-20-30/h1-20H. The van der Waals surface area contributed by atoms with E-state index in [-0.39, 0.29) is 0 Å². The summed E-state index contributed by atoms with van der Waals surface area (Å²) in [4.78, 5) is 9.44. The first kappa shape index (κ1) is 19.5. The lowest BCUT2D eigenvalue weighted by Gasteiger charge is -2.11. The zero-order chi connectivity index (χ0) is 23.6. The molecule has 0 N–H and O–H groups in total. The molecule has 0 spiro atoms. The number of rotatable bonds is 1. The molecular weight excluding hydrogens is 436 g/mol. The van der Waals surface area contributed by atoms with Crippen LogP contribution in [0.25, 0.3) is 76.0 Å². The van der Waals surface area contributed by atoms with Crippen molar-refractivity contribution < 1.29 is 0 Å². The second-order valence-electron chi connectivity index (χ2n) is 9.56. The van der Waals surface area contributed by atoms with Crippen LogP contribution >= 0.6 is 0 Å². The van der Waals surface area contributed by atoms with Crippen LogP contribution in [0.1, 0.15) is 0 Å². The van der Waals surface area contributed by atoms with Crippen molar-refractivity contribution in [1.82, 2.24) is 9.97 Å². The van der Waals surface area contributed by atoms with Crippen molar-refractivity contribution in [2.24, 2.45) is 0 Å². The molecule has 0 fully saturated rings. The van der Waals surface area contributed by atoms with Crippen LogP contribution in [0, 0.1) is 0 Å². The van der Waals surface area contributed by atoms with Gasteiger partial charge in [0.05, 0.1) is 11.0 Å². The van der Waals surface area contributed by atoms with Crippen molar-refractivity contribution in [2.45, 2.75) is 0 Å². The first-order chi connectivity index (χ1) is 17.8. The molecule has 0 radical (unpaired) electrons. The maximum Gasteiger partial charge on any atom is 0.0964 e. The summed E-state index contributed by atoms with van der Waals surface area (Å²) >= 11 is 0. The number of aromatic nitrogens is 2. The van der Waals surface area contributed by atoms with E-state index >= 15 is 0 Å². The summed E-state index contributed by atoms with van der Waals surface area (Å²) in [6.07, 6.45) is 3.82. The highest BCUT2D eigenvalue weighted by Crippen LogP contribution is 2.35. The molecule has 36 heavy (non-hydrogen) atoms. The van der Waals surface area contributed by atoms with Gasteiger partial charge in [-0.2, -0.15) is 0 Å². The summed E-state index contributed by atoms with van der Waals surface area (Å²) in [6.45, 7) is 0. The Balaban J connectivity index is 1.36. The van der Waals surface area contributed by atoms with Crippen LogP contribution < -0.4 is 0 Å². The normalized spacial score (nSPS) is 11.9. The quantitative estimate of drug-likeness (QED) is 0.182. The summed E-state index contributed by atoms with van der Waals surface area (Å²) in [6, 6.07) is 39.6. The van der Waals surface area contributed by atoms with Gasteiger partial charge < -0.3 is 0 Å². The highest BCUT2D eigenvalue weighted by Gasteiger charge is 2.10. The molecule has 0 atom stereocenters. The predicted molar refractivity (Wildman–Crippen MR) is 153 cm³/mol. The van der Waals surface area contributed by atoms with Crippen LogP contribution in [0.15, 0.2) is 122 Å². The van der Waals surface area contributed by atoms with Crippen LogP contribution in [-0.4, -0.2) is 9.97 Å². The van der Waals surface area contributed by atoms with Gasteiger partial charge in [-0.3, -0.25) is 9.97 Å². The predicted octanol–water partition coefficient (Wildman–Crippen LogP) is 9.06. The Morgan fingerprint density at radius 1 is 0.389 bits per heavy atom. The fourth-order valence-electron chi connectivity index (χ4n) is 5.61. The Morgan fingerprint density at radius 3 is 1.81 bits per heavy atom. The van der Waals surface area contributed by atoms with Gasteiger partial charge in [0.15, 0.2) is 0 Å². The Bertz CT molecular complexity index is 2160. The first-order valence-electron chi connectivity index (χ1n) is 12.2. The Hall–Kier alpha value is -4.82. The SMILES string of the molecule is c1ccc2cc3cc4cc5c(-c6cnc7c(ccc8cccnc87)c6)cccc5cc4cc3cc2c1. The zero-order valence-electron chi connectivity index (χ0n) is 19.4. The average molecular weight is 457 g/mol. The molecule has 2 nitrogen and oxygen atoms in total. The van der Waals surface area contributed by atoms with Gasteiger partial charge in [-0.15, -0.1) is 0 Å². The van der Waals surface area contributed by atoms with E-state index in [0.717, 1.165) is 27.4 Å². The van der Waals surface area contributed by atoms with E-state index in [1.807, 2.05) is 18.5 Å². The molecule has 6 aromatic carbocycles. The van der Waals surface area contributed by atoms with E-state index in [1.165, 1.54) is 48.7 Å². The minimum atomic E-state index is 0.946. The summed E-state index contributed by atoms with van der Waals surface area (Å²) < 4.78 is 0. The molecule has 8 aromatic rings. The molecule has 0 unspecified atom stereocenters. The lowest BCUT2D eigenvalue weighted by atomic mass is 9.94. The summed E-state index contributed by atoms with van der Waals surface area (Å²) in [5.41, 5.74) is 4.21. The molecule has 0 aliphatic heterocycles. The summed E-state index contributed by atoms with van der Waals surface area (Å²) in [5, 5.41) is 12.3. The van der Waals surface area contributed by atoms with Gasteiger partial charge in [-0.05, 0) is 97.2 Å². The average Bonchev–Trinajstić information content (AvgIpc) is 2.93. The molecule has 0 bridgehead atoms. The molecule has 8 rings (SSSR count). The minimum Gasteiger partial charge on any atom is -0.254 e. The second-order valence-corrected chi connectivity index (χ2v) is 9.56. The molecule has 0 aliphatic carbocycles. The highest BCUT2D eigenvalue weighted by atomic mass is 14.7. The minimum absolute atomic E-state index is 0.946. The monoisotopic (exact) mass is 456 g/mol. The van der Waals surface area contributed by atoms with Crippen LogP contribution in [0.3, 0.4) is 0 Å². The zero-order valence-corrected chi connectivity index (χ0v) is 19.4. The van der Waals surface area contributed by atoms with Gasteiger partial charge in [0.25, 0.3) is 0 Å². The lowest BCUT2D eigenvalue weighted by Crippen LogP contribution is -1.88. The molecule has 2 heteroatoms. The smallest absolute Gasteiger partial charge is 0.0964 e. The van der Waals surface area contributed by atoms with Gasteiger partial charge in [-0.1, -0.05) is 60.7 Å². The third-order valence-corrected chi connectivity index (χ3v) is 7.39. The van der Waals surface area contributed by atoms with Crippen LogP contribution in [-0.2, 0) is 0 Å². The summed E-state index contributed by atoms with van der Waals surface area (Å²) in [7, 11) is 0. The van der Waals surface area contributed by atoms with E-state index in [9.17, 15) is 0 Å². The van der Waals surface area contributed by atoms with E-state index in [1.54, 1.807) is 0 Å². The molecule has 166 valence electrons. The Labute approximate surface area is 207 Å². The molecule has 0 saturated heterocycles. The van der Waals surface area contributed by atoms with E-state index in [0.29, 0.717) is 0 Å². The number of benzene rings is 6. The fourth-order valence-corrected chi connectivity index (χ4v) is 5.61. The largest absolute Gasteiger partial charge is 0.254 e. The maximum atomic E-state index is 4.86. The third-order valence-electron chi connectivity index (χ3n) is 7.39. The fraction of sp³-hybridized carbons (Fsp3) is 0. The highest BCUT2D eigenvalue weighted by molar-refractivity contribution is 6.11.